The van der Waals surface area contributed by atoms with Crippen LogP contribution in [0.3, 0.4) is 0 Å². The Labute approximate surface area is 141 Å². The third-order valence-corrected chi connectivity index (χ3v) is 5.56. The van der Waals surface area contributed by atoms with E-state index in [1.54, 1.807) is 19.1 Å². The number of aromatic nitrogens is 4. The quantitative estimate of drug-likeness (QED) is 0.598. The molecule has 0 aliphatic rings. The van der Waals surface area contributed by atoms with Crippen LogP contribution in [0.5, 0.6) is 0 Å². The van der Waals surface area contributed by atoms with Crippen molar-refractivity contribution in [3.8, 4) is 0 Å². The predicted molar refractivity (Wildman–Crippen MR) is 90.2 cm³/mol. The van der Waals surface area contributed by atoms with E-state index in [0.717, 1.165) is 21.0 Å². The van der Waals surface area contributed by atoms with E-state index in [0.29, 0.717) is 3.97 Å². The molecule has 0 saturated heterocycles. The van der Waals surface area contributed by atoms with Crippen LogP contribution in [-0.2, 0) is 24.1 Å². The monoisotopic (exact) mass is 362 g/mol. The van der Waals surface area contributed by atoms with Crippen molar-refractivity contribution in [2.24, 2.45) is 14.1 Å². The molecule has 130 valence electrons. The molecule has 0 N–H and O–H groups in total. The van der Waals surface area contributed by atoms with Gasteiger partial charge in [-0.15, -0.1) is 0 Å². The van der Waals surface area contributed by atoms with Crippen LogP contribution in [-0.4, -0.2) is 26.5 Å². The number of nitrogens with zero attached hydrogens (tertiary/aromatic N) is 4. The summed E-state index contributed by atoms with van der Waals surface area (Å²) in [6.07, 6.45) is 0.804. The fourth-order valence-electron chi connectivity index (χ4n) is 2.44. The van der Waals surface area contributed by atoms with Crippen molar-refractivity contribution in [2.75, 3.05) is 0 Å². The van der Waals surface area contributed by atoms with E-state index < -0.39 is 32.2 Å². The third-order valence-electron chi connectivity index (χ3n) is 3.91. The van der Waals surface area contributed by atoms with Gasteiger partial charge in [0.05, 0.1) is 4.90 Å². The van der Waals surface area contributed by atoms with E-state index in [2.05, 4.69) is 4.98 Å². The lowest BCUT2D eigenvalue weighted by molar-refractivity contribution is 0.584. The molecule has 0 fully saturated rings. The lowest BCUT2D eigenvalue weighted by Crippen LogP contribution is -2.41. The van der Waals surface area contributed by atoms with Gasteiger partial charge < -0.3 is 0 Å². The van der Waals surface area contributed by atoms with Gasteiger partial charge in [0, 0.05) is 14.1 Å². The van der Waals surface area contributed by atoms with Crippen molar-refractivity contribution in [2.45, 2.75) is 11.8 Å². The molecule has 0 unspecified atom stereocenters. The maximum absolute atomic E-state index is 12.7. The minimum Gasteiger partial charge on any atom is -0.280 e. The minimum atomic E-state index is -4.22. The normalized spacial score (nSPS) is 11.8. The first-order chi connectivity index (χ1) is 11.7. The van der Waals surface area contributed by atoms with E-state index in [-0.39, 0.29) is 10.5 Å². The van der Waals surface area contributed by atoms with Crippen LogP contribution in [0.4, 0.5) is 0 Å². The van der Waals surface area contributed by atoms with Gasteiger partial charge in [0.15, 0.2) is 5.65 Å². The fraction of sp³-hybridized carbons (Fsp3) is 0.200. The average Bonchev–Trinajstić information content (AvgIpc) is 2.58. The molecule has 0 aliphatic heterocycles. The summed E-state index contributed by atoms with van der Waals surface area (Å²) in [6, 6.07) is 5.91. The molecule has 0 spiro atoms. The summed E-state index contributed by atoms with van der Waals surface area (Å²) >= 11 is 0. The summed E-state index contributed by atoms with van der Waals surface area (Å²) in [5.41, 5.74) is -1.94. The summed E-state index contributed by atoms with van der Waals surface area (Å²) in [5.74, 6) is 0. The number of fused-ring (bicyclic) bond motifs is 1. The standard InChI is InChI=1S/C15H14N4O5S/c1-9-4-6-10(7-5-9)25(23,24)19-8-16-12-11(14(19)21)13(20)18(3)15(22)17(12)2/h4-8H,1-3H3. The highest BCUT2D eigenvalue weighted by molar-refractivity contribution is 7.90. The van der Waals surface area contributed by atoms with Crippen molar-refractivity contribution >= 4 is 21.1 Å². The molecule has 1 aromatic carbocycles. The van der Waals surface area contributed by atoms with Crippen molar-refractivity contribution in [1.29, 1.82) is 0 Å². The van der Waals surface area contributed by atoms with Crippen LogP contribution < -0.4 is 16.8 Å². The summed E-state index contributed by atoms with van der Waals surface area (Å²) < 4.78 is 27.6. The van der Waals surface area contributed by atoms with Gasteiger partial charge in [-0.3, -0.25) is 18.7 Å². The van der Waals surface area contributed by atoms with Crippen LogP contribution in [0.1, 0.15) is 5.56 Å². The predicted octanol–water partition coefficient (Wildman–Crippen LogP) is -0.661. The van der Waals surface area contributed by atoms with Gasteiger partial charge in [-0.1, -0.05) is 17.7 Å². The minimum absolute atomic E-state index is 0.108. The Bertz CT molecular complexity index is 1280. The topological polar surface area (TPSA) is 113 Å². The van der Waals surface area contributed by atoms with Gasteiger partial charge >= 0.3 is 5.69 Å². The third kappa shape index (κ3) is 2.41. The first-order valence-electron chi connectivity index (χ1n) is 7.16. The summed E-state index contributed by atoms with van der Waals surface area (Å²) in [4.78, 5) is 40.6. The highest BCUT2D eigenvalue weighted by atomic mass is 32.2. The van der Waals surface area contributed by atoms with E-state index in [4.69, 9.17) is 0 Å². The molecule has 0 aliphatic carbocycles. The maximum atomic E-state index is 12.7. The van der Waals surface area contributed by atoms with Gasteiger partial charge in [-0.25, -0.2) is 18.2 Å². The largest absolute Gasteiger partial charge is 0.332 e. The number of hydrogen-bond acceptors (Lipinski definition) is 6. The van der Waals surface area contributed by atoms with Crippen LogP contribution >= 0.6 is 0 Å². The Morgan fingerprint density at radius 1 is 0.920 bits per heavy atom. The second-order valence-corrected chi connectivity index (χ2v) is 7.38. The highest BCUT2D eigenvalue weighted by Gasteiger charge is 2.23. The summed E-state index contributed by atoms with van der Waals surface area (Å²) in [7, 11) is -1.68. The lowest BCUT2D eigenvalue weighted by Gasteiger charge is -2.10. The maximum Gasteiger partial charge on any atom is 0.332 e. The fourth-order valence-corrected chi connectivity index (χ4v) is 3.62. The van der Waals surface area contributed by atoms with Crippen molar-refractivity contribution in [3.05, 3.63) is 67.3 Å². The van der Waals surface area contributed by atoms with Gasteiger partial charge in [0.2, 0.25) is 0 Å². The number of aryl methyl sites for hydroxylation is 2. The Morgan fingerprint density at radius 2 is 1.52 bits per heavy atom. The second-order valence-electron chi connectivity index (χ2n) is 5.57. The van der Waals surface area contributed by atoms with Gasteiger partial charge in [-0.05, 0) is 19.1 Å². The smallest absolute Gasteiger partial charge is 0.280 e. The van der Waals surface area contributed by atoms with Crippen LogP contribution in [0.25, 0.3) is 11.0 Å². The molecular weight excluding hydrogens is 348 g/mol. The van der Waals surface area contributed by atoms with Crippen LogP contribution in [0, 0.1) is 6.92 Å². The van der Waals surface area contributed by atoms with E-state index in [1.165, 1.54) is 26.2 Å². The molecule has 2 heterocycles. The number of rotatable bonds is 2. The zero-order chi connectivity index (χ0) is 18.5. The summed E-state index contributed by atoms with van der Waals surface area (Å²) in [6.45, 7) is 1.80. The Morgan fingerprint density at radius 3 is 2.12 bits per heavy atom. The van der Waals surface area contributed by atoms with E-state index >= 15 is 0 Å². The van der Waals surface area contributed by atoms with Crippen molar-refractivity contribution in [3.63, 3.8) is 0 Å². The molecule has 9 nitrogen and oxygen atoms in total. The van der Waals surface area contributed by atoms with Gasteiger partial charge in [0.25, 0.3) is 21.1 Å². The first kappa shape index (κ1) is 16.8. The molecule has 3 aromatic rings. The molecule has 0 atom stereocenters. The Kier molecular flexibility index (Phi) is 3.72. The average molecular weight is 362 g/mol. The molecule has 0 radical (unpaired) electrons. The van der Waals surface area contributed by atoms with E-state index in [9.17, 15) is 22.8 Å². The number of benzene rings is 1. The molecule has 25 heavy (non-hydrogen) atoms. The molecular formula is C15H14N4O5S. The highest BCUT2D eigenvalue weighted by Crippen LogP contribution is 2.13. The zero-order valence-corrected chi connectivity index (χ0v) is 14.4. The van der Waals surface area contributed by atoms with E-state index in [1.807, 2.05) is 0 Å². The molecule has 0 amide bonds. The molecule has 0 bridgehead atoms. The molecule has 2 aromatic heterocycles. The van der Waals surface area contributed by atoms with Crippen LogP contribution in [0.2, 0.25) is 0 Å². The van der Waals surface area contributed by atoms with Crippen molar-refractivity contribution < 1.29 is 8.42 Å². The zero-order valence-electron chi connectivity index (χ0n) is 13.6. The van der Waals surface area contributed by atoms with Gasteiger partial charge in [-0.2, -0.15) is 3.97 Å². The Hall–Kier alpha value is -3.01. The van der Waals surface area contributed by atoms with Crippen LogP contribution in [0.15, 0.2) is 49.9 Å². The number of hydrogen-bond donors (Lipinski definition) is 0. The Balaban J connectivity index is 2.42. The molecule has 3 rings (SSSR count). The molecule has 10 heteroatoms. The SMILES string of the molecule is Cc1ccc(S(=O)(=O)n2cnc3c(c2=O)c(=O)n(C)c(=O)n3C)cc1. The van der Waals surface area contributed by atoms with Crippen molar-refractivity contribution in [1.82, 2.24) is 18.1 Å². The summed E-state index contributed by atoms with van der Waals surface area (Å²) in [5, 5.41) is -0.470. The molecule has 0 saturated carbocycles. The first-order valence-corrected chi connectivity index (χ1v) is 8.60. The lowest BCUT2D eigenvalue weighted by atomic mass is 10.2. The van der Waals surface area contributed by atoms with Gasteiger partial charge in [0.1, 0.15) is 11.7 Å². The second kappa shape index (κ2) is 5.52.